The van der Waals surface area contributed by atoms with E-state index < -0.39 is 6.36 Å². The molecule has 158 valence electrons. The van der Waals surface area contributed by atoms with Gasteiger partial charge in [0.25, 0.3) is 5.91 Å². The molecule has 0 aliphatic rings. The van der Waals surface area contributed by atoms with Gasteiger partial charge in [0, 0.05) is 23.6 Å². The lowest BCUT2D eigenvalue weighted by molar-refractivity contribution is -0.274. The van der Waals surface area contributed by atoms with Crippen molar-refractivity contribution in [2.75, 3.05) is 19.5 Å². The van der Waals surface area contributed by atoms with Crippen molar-refractivity contribution in [1.82, 2.24) is 4.98 Å². The number of hydrogen-bond donors (Lipinski definition) is 1. The lowest BCUT2D eigenvalue weighted by Gasteiger charge is -2.09. The molecule has 0 spiro atoms. The summed E-state index contributed by atoms with van der Waals surface area (Å²) >= 11 is 1.27. The number of hydrogen-bond acceptors (Lipinski definition) is 6. The SMILES string of the molecule is COc1ccc(C(=O)Nc2ncc(Cc3ccc(OC(F)(F)F)cc3)s2)c(OC)c1. The van der Waals surface area contributed by atoms with Gasteiger partial charge in [0.05, 0.1) is 19.8 Å². The van der Waals surface area contributed by atoms with Crippen molar-refractivity contribution in [3.8, 4) is 17.2 Å². The molecule has 1 N–H and O–H groups in total. The molecular weight excluding hydrogens is 421 g/mol. The topological polar surface area (TPSA) is 69.7 Å². The zero-order valence-corrected chi connectivity index (χ0v) is 16.8. The molecule has 30 heavy (non-hydrogen) atoms. The summed E-state index contributed by atoms with van der Waals surface area (Å²) in [7, 11) is 2.97. The van der Waals surface area contributed by atoms with E-state index in [0.717, 1.165) is 10.4 Å². The summed E-state index contributed by atoms with van der Waals surface area (Å²) in [5.41, 5.74) is 1.11. The molecule has 0 unspecified atom stereocenters. The van der Waals surface area contributed by atoms with Gasteiger partial charge >= 0.3 is 6.36 Å². The Bertz CT molecular complexity index is 1020. The molecule has 1 heterocycles. The van der Waals surface area contributed by atoms with E-state index in [1.807, 2.05) is 0 Å². The van der Waals surface area contributed by atoms with Crippen LogP contribution in [0.4, 0.5) is 18.3 Å². The Morgan fingerprint density at radius 1 is 1.07 bits per heavy atom. The molecule has 1 aromatic heterocycles. The van der Waals surface area contributed by atoms with Crippen LogP contribution in [-0.2, 0) is 6.42 Å². The van der Waals surface area contributed by atoms with Gasteiger partial charge in [-0.15, -0.1) is 24.5 Å². The fraction of sp³-hybridized carbons (Fsp3) is 0.200. The summed E-state index contributed by atoms with van der Waals surface area (Å²) in [5.74, 6) is 0.261. The van der Waals surface area contributed by atoms with E-state index in [9.17, 15) is 18.0 Å². The van der Waals surface area contributed by atoms with Crippen LogP contribution in [0.1, 0.15) is 20.8 Å². The molecule has 2 aromatic carbocycles. The van der Waals surface area contributed by atoms with Gasteiger partial charge in [0.2, 0.25) is 0 Å². The highest BCUT2D eigenvalue weighted by molar-refractivity contribution is 7.15. The van der Waals surface area contributed by atoms with E-state index >= 15 is 0 Å². The number of rotatable bonds is 7. The number of methoxy groups -OCH3 is 2. The van der Waals surface area contributed by atoms with E-state index in [1.165, 1.54) is 37.7 Å². The number of halogens is 3. The van der Waals surface area contributed by atoms with E-state index in [4.69, 9.17) is 9.47 Å². The molecule has 0 saturated carbocycles. The van der Waals surface area contributed by atoms with Gasteiger partial charge < -0.3 is 14.2 Å². The van der Waals surface area contributed by atoms with Crippen molar-refractivity contribution in [3.63, 3.8) is 0 Å². The molecule has 0 aliphatic carbocycles. The third kappa shape index (κ3) is 5.63. The largest absolute Gasteiger partial charge is 0.573 e. The van der Waals surface area contributed by atoms with Gasteiger partial charge in [0.1, 0.15) is 17.2 Å². The summed E-state index contributed by atoms with van der Waals surface area (Å²) < 4.78 is 50.9. The lowest BCUT2D eigenvalue weighted by atomic mass is 10.1. The summed E-state index contributed by atoms with van der Waals surface area (Å²) in [6, 6.07) is 10.4. The van der Waals surface area contributed by atoms with Crippen LogP contribution in [0, 0.1) is 0 Å². The second kappa shape index (κ2) is 9.04. The molecule has 0 aliphatic heterocycles. The fourth-order valence-electron chi connectivity index (χ4n) is 2.61. The van der Waals surface area contributed by atoms with Gasteiger partial charge in [0.15, 0.2) is 5.13 Å². The quantitative estimate of drug-likeness (QED) is 0.568. The van der Waals surface area contributed by atoms with Gasteiger partial charge in [-0.05, 0) is 29.8 Å². The first-order valence-electron chi connectivity index (χ1n) is 8.60. The standard InChI is InChI=1S/C20H17F3N2O4S/c1-27-14-7-8-16(17(10-14)28-2)18(26)25-19-24-11-15(30-19)9-12-3-5-13(6-4-12)29-20(21,22)23/h3-8,10-11H,9H2,1-2H3,(H,24,25,26). The summed E-state index contributed by atoms with van der Waals surface area (Å²) in [6.45, 7) is 0. The number of amides is 1. The van der Waals surface area contributed by atoms with Gasteiger partial charge in [-0.25, -0.2) is 4.98 Å². The Morgan fingerprint density at radius 2 is 1.77 bits per heavy atom. The maximum absolute atomic E-state index is 12.5. The number of nitrogens with one attached hydrogen (secondary N) is 1. The third-order valence-electron chi connectivity index (χ3n) is 3.96. The van der Waals surface area contributed by atoms with Crippen LogP contribution >= 0.6 is 11.3 Å². The Kier molecular flexibility index (Phi) is 6.46. The van der Waals surface area contributed by atoms with Crippen molar-refractivity contribution in [1.29, 1.82) is 0 Å². The molecule has 0 radical (unpaired) electrons. The molecule has 10 heteroatoms. The predicted octanol–water partition coefficient (Wildman–Crippen LogP) is 4.90. The average molecular weight is 438 g/mol. The van der Waals surface area contributed by atoms with Crippen LogP contribution in [0.5, 0.6) is 17.2 Å². The Labute approximate surface area is 174 Å². The van der Waals surface area contributed by atoms with Crippen molar-refractivity contribution in [3.05, 3.63) is 64.7 Å². The minimum Gasteiger partial charge on any atom is -0.497 e. The monoisotopic (exact) mass is 438 g/mol. The molecule has 6 nitrogen and oxygen atoms in total. The number of ether oxygens (including phenoxy) is 3. The maximum atomic E-state index is 12.5. The van der Waals surface area contributed by atoms with E-state index in [2.05, 4.69) is 15.0 Å². The Morgan fingerprint density at radius 3 is 2.40 bits per heavy atom. The highest BCUT2D eigenvalue weighted by atomic mass is 32.1. The van der Waals surface area contributed by atoms with Gasteiger partial charge in [-0.3, -0.25) is 10.1 Å². The zero-order chi connectivity index (χ0) is 21.7. The van der Waals surface area contributed by atoms with Gasteiger partial charge in [-0.1, -0.05) is 12.1 Å². The first-order valence-corrected chi connectivity index (χ1v) is 9.42. The summed E-state index contributed by atoms with van der Waals surface area (Å²) in [5, 5.41) is 3.11. The second-order valence-electron chi connectivity index (χ2n) is 6.02. The number of nitrogens with zero attached hydrogens (tertiary/aromatic N) is 1. The molecule has 0 saturated heterocycles. The van der Waals surface area contributed by atoms with E-state index in [0.29, 0.717) is 28.6 Å². The normalized spacial score (nSPS) is 11.1. The van der Waals surface area contributed by atoms with Crippen molar-refractivity contribution >= 4 is 22.4 Å². The van der Waals surface area contributed by atoms with Gasteiger partial charge in [-0.2, -0.15) is 0 Å². The number of carbonyl (C=O) groups excluding carboxylic acids is 1. The Hall–Kier alpha value is -3.27. The third-order valence-corrected chi connectivity index (χ3v) is 4.88. The van der Waals surface area contributed by atoms with Crippen LogP contribution in [0.15, 0.2) is 48.7 Å². The van der Waals surface area contributed by atoms with Crippen molar-refractivity contribution in [2.24, 2.45) is 0 Å². The highest BCUT2D eigenvalue weighted by Gasteiger charge is 2.30. The minimum absolute atomic E-state index is 0.281. The molecular formula is C20H17F3N2O4S. The average Bonchev–Trinajstić information content (AvgIpc) is 3.14. The molecule has 0 atom stereocenters. The number of anilines is 1. The van der Waals surface area contributed by atoms with Crippen LogP contribution in [0.25, 0.3) is 0 Å². The molecule has 0 fully saturated rings. The smallest absolute Gasteiger partial charge is 0.497 e. The number of alkyl halides is 3. The highest BCUT2D eigenvalue weighted by Crippen LogP contribution is 2.28. The number of thiazole rings is 1. The second-order valence-corrected chi connectivity index (χ2v) is 7.14. The van der Waals surface area contributed by atoms with Crippen LogP contribution in [0.2, 0.25) is 0 Å². The first-order chi connectivity index (χ1) is 14.3. The van der Waals surface area contributed by atoms with Crippen LogP contribution < -0.4 is 19.5 Å². The summed E-state index contributed by atoms with van der Waals surface area (Å²) in [6.07, 6.45) is -2.67. The number of benzene rings is 2. The van der Waals surface area contributed by atoms with Crippen LogP contribution in [-0.4, -0.2) is 31.5 Å². The minimum atomic E-state index is -4.72. The fourth-order valence-corrected chi connectivity index (χ4v) is 3.45. The first kappa shape index (κ1) is 21.4. The van der Waals surface area contributed by atoms with Crippen LogP contribution in [0.3, 0.4) is 0 Å². The zero-order valence-electron chi connectivity index (χ0n) is 15.9. The molecule has 3 aromatic rings. The molecule has 1 amide bonds. The van der Waals surface area contributed by atoms with E-state index in [1.54, 1.807) is 36.5 Å². The summed E-state index contributed by atoms with van der Waals surface area (Å²) in [4.78, 5) is 17.6. The lowest BCUT2D eigenvalue weighted by Crippen LogP contribution is -2.17. The molecule has 0 bridgehead atoms. The van der Waals surface area contributed by atoms with Crippen molar-refractivity contribution in [2.45, 2.75) is 12.8 Å². The number of carbonyl (C=O) groups is 1. The molecule has 3 rings (SSSR count). The number of aromatic nitrogens is 1. The predicted molar refractivity (Wildman–Crippen MR) is 106 cm³/mol. The van der Waals surface area contributed by atoms with E-state index in [-0.39, 0.29) is 11.7 Å². The van der Waals surface area contributed by atoms with Crippen molar-refractivity contribution < 1.29 is 32.2 Å². The maximum Gasteiger partial charge on any atom is 0.573 e. The Balaban J connectivity index is 1.65.